The molecule has 0 saturated carbocycles. The molecule has 144 valence electrons. The maximum Gasteiger partial charge on any atom is 0.354 e. The number of methoxy groups -OCH3 is 1. The highest BCUT2D eigenvalue weighted by atomic mass is 16.5. The molecular weight excluding hydrogens is 352 g/mol. The predicted octanol–water partition coefficient (Wildman–Crippen LogP) is 3.52. The van der Waals surface area contributed by atoms with Crippen molar-refractivity contribution in [3.8, 4) is 11.1 Å². The monoisotopic (exact) mass is 376 g/mol. The minimum atomic E-state index is -0.493. The van der Waals surface area contributed by atoms with Crippen molar-refractivity contribution in [2.45, 2.75) is 19.3 Å². The van der Waals surface area contributed by atoms with Crippen LogP contribution in [0.1, 0.15) is 28.9 Å². The Morgan fingerprint density at radius 2 is 1.82 bits per heavy atom. The number of fused-ring (bicyclic) bond motifs is 1. The molecule has 1 aliphatic heterocycles. The number of pyridine rings is 1. The van der Waals surface area contributed by atoms with E-state index in [4.69, 9.17) is 4.74 Å². The molecule has 2 heterocycles. The molecule has 0 bridgehead atoms. The van der Waals surface area contributed by atoms with Crippen molar-refractivity contribution < 1.29 is 9.53 Å². The summed E-state index contributed by atoms with van der Waals surface area (Å²) < 4.78 is 4.96. The van der Waals surface area contributed by atoms with Crippen molar-refractivity contribution in [1.29, 1.82) is 0 Å². The van der Waals surface area contributed by atoms with E-state index in [0.717, 1.165) is 37.1 Å². The fourth-order valence-corrected chi connectivity index (χ4v) is 3.99. The van der Waals surface area contributed by atoms with E-state index < -0.39 is 5.97 Å². The molecule has 3 aromatic rings. The van der Waals surface area contributed by atoms with Gasteiger partial charge in [0.2, 0.25) is 0 Å². The van der Waals surface area contributed by atoms with Gasteiger partial charge in [-0.3, -0.25) is 4.79 Å². The Balaban J connectivity index is 1.83. The van der Waals surface area contributed by atoms with Crippen LogP contribution in [0.25, 0.3) is 22.0 Å². The fraction of sp³-hybridized carbons (Fsp3) is 0.304. The van der Waals surface area contributed by atoms with Gasteiger partial charge in [0.15, 0.2) is 5.43 Å². The highest BCUT2D eigenvalue weighted by Crippen LogP contribution is 2.25. The Hall–Kier alpha value is -2.92. The van der Waals surface area contributed by atoms with Gasteiger partial charge in [0.1, 0.15) is 5.69 Å². The Bertz CT molecular complexity index is 1050. The van der Waals surface area contributed by atoms with Crippen LogP contribution in [-0.2, 0) is 11.2 Å². The maximum absolute atomic E-state index is 13.2. The van der Waals surface area contributed by atoms with Crippen molar-refractivity contribution in [3.63, 3.8) is 0 Å². The van der Waals surface area contributed by atoms with Crippen LogP contribution >= 0.6 is 0 Å². The number of carbonyl (C=O) groups is 1. The van der Waals surface area contributed by atoms with Gasteiger partial charge < -0.3 is 15.0 Å². The zero-order valence-electron chi connectivity index (χ0n) is 16.0. The molecule has 0 radical (unpaired) electrons. The summed E-state index contributed by atoms with van der Waals surface area (Å²) in [7, 11) is 1.35. The first-order valence-electron chi connectivity index (χ1n) is 9.70. The van der Waals surface area contributed by atoms with E-state index in [-0.39, 0.29) is 11.1 Å². The minimum Gasteiger partial charge on any atom is -0.464 e. The molecule has 0 unspecified atom stereocenters. The number of benzene rings is 2. The second-order valence-corrected chi connectivity index (χ2v) is 7.32. The van der Waals surface area contributed by atoms with Gasteiger partial charge in [0, 0.05) is 10.9 Å². The van der Waals surface area contributed by atoms with E-state index in [1.807, 2.05) is 48.5 Å². The lowest BCUT2D eigenvalue weighted by Gasteiger charge is -2.23. The molecule has 5 nitrogen and oxygen atoms in total. The molecule has 28 heavy (non-hydrogen) atoms. The summed E-state index contributed by atoms with van der Waals surface area (Å²) in [5.74, 6) is -0.0974. The first-order valence-corrected chi connectivity index (χ1v) is 9.70. The number of hydrogen-bond acceptors (Lipinski definition) is 4. The molecule has 1 fully saturated rings. The third-order valence-corrected chi connectivity index (χ3v) is 5.55. The van der Waals surface area contributed by atoms with Crippen LogP contribution in [0.3, 0.4) is 0 Å². The number of hydrogen-bond donors (Lipinski definition) is 2. The molecule has 0 atom stereocenters. The fourth-order valence-electron chi connectivity index (χ4n) is 3.99. The number of aromatic amines is 1. The van der Waals surface area contributed by atoms with E-state index in [1.165, 1.54) is 7.11 Å². The molecule has 2 aromatic carbocycles. The number of aromatic nitrogens is 1. The minimum absolute atomic E-state index is 0.0766. The first kappa shape index (κ1) is 18.4. The SMILES string of the molecule is COC(=O)c1[nH]c2cc(-c3ccccc3)ccc2c(=O)c1CC1CCNCC1. The third-order valence-electron chi connectivity index (χ3n) is 5.55. The van der Waals surface area contributed by atoms with E-state index in [0.29, 0.717) is 28.8 Å². The predicted molar refractivity (Wildman–Crippen MR) is 111 cm³/mol. The largest absolute Gasteiger partial charge is 0.464 e. The molecule has 0 amide bonds. The number of piperidine rings is 1. The summed E-state index contributed by atoms with van der Waals surface area (Å²) in [5.41, 5.74) is 3.45. The van der Waals surface area contributed by atoms with Gasteiger partial charge in [0.25, 0.3) is 0 Å². The summed E-state index contributed by atoms with van der Waals surface area (Å²) in [6.45, 7) is 1.90. The summed E-state index contributed by atoms with van der Waals surface area (Å²) >= 11 is 0. The molecule has 0 spiro atoms. The molecule has 1 aromatic heterocycles. The molecule has 1 aliphatic rings. The first-order chi connectivity index (χ1) is 13.7. The smallest absolute Gasteiger partial charge is 0.354 e. The van der Waals surface area contributed by atoms with Crippen LogP contribution in [0, 0.1) is 5.92 Å². The summed E-state index contributed by atoms with van der Waals surface area (Å²) in [4.78, 5) is 28.9. The van der Waals surface area contributed by atoms with Gasteiger partial charge in [0.05, 0.1) is 12.6 Å². The van der Waals surface area contributed by atoms with Crippen LogP contribution < -0.4 is 10.7 Å². The Labute approximate surface area is 163 Å². The van der Waals surface area contributed by atoms with Crippen LogP contribution in [0.4, 0.5) is 0 Å². The normalized spacial score (nSPS) is 14.9. The Kier molecular flexibility index (Phi) is 5.26. The third kappa shape index (κ3) is 3.58. The van der Waals surface area contributed by atoms with Crippen molar-refractivity contribution >= 4 is 16.9 Å². The quantitative estimate of drug-likeness (QED) is 0.684. The Morgan fingerprint density at radius 1 is 1.07 bits per heavy atom. The van der Waals surface area contributed by atoms with E-state index in [1.54, 1.807) is 0 Å². The van der Waals surface area contributed by atoms with Gasteiger partial charge in [-0.1, -0.05) is 36.4 Å². The van der Waals surface area contributed by atoms with Gasteiger partial charge in [-0.15, -0.1) is 0 Å². The average molecular weight is 376 g/mol. The number of ether oxygens (including phenoxy) is 1. The lowest BCUT2D eigenvalue weighted by atomic mass is 9.89. The van der Waals surface area contributed by atoms with Gasteiger partial charge in [-0.25, -0.2) is 4.79 Å². The number of esters is 1. The maximum atomic E-state index is 13.2. The van der Waals surface area contributed by atoms with Crippen LogP contribution in [0.15, 0.2) is 53.3 Å². The number of carbonyl (C=O) groups excluding carboxylic acids is 1. The molecule has 1 saturated heterocycles. The van der Waals surface area contributed by atoms with Crippen molar-refractivity contribution in [3.05, 3.63) is 70.0 Å². The number of H-pyrrole nitrogens is 1. The highest BCUT2D eigenvalue weighted by Gasteiger charge is 2.23. The van der Waals surface area contributed by atoms with Crippen LogP contribution in [-0.4, -0.2) is 31.2 Å². The van der Waals surface area contributed by atoms with E-state index in [2.05, 4.69) is 10.3 Å². The molecule has 0 aliphatic carbocycles. The lowest BCUT2D eigenvalue weighted by Crippen LogP contribution is -2.30. The average Bonchev–Trinajstić information content (AvgIpc) is 2.76. The van der Waals surface area contributed by atoms with Crippen LogP contribution in [0.2, 0.25) is 0 Å². The number of nitrogens with one attached hydrogen (secondary N) is 2. The lowest BCUT2D eigenvalue weighted by molar-refractivity contribution is 0.0592. The zero-order valence-corrected chi connectivity index (χ0v) is 16.0. The summed E-state index contributed by atoms with van der Waals surface area (Å²) in [6, 6.07) is 15.7. The van der Waals surface area contributed by atoms with Gasteiger partial charge in [-0.2, -0.15) is 0 Å². The zero-order chi connectivity index (χ0) is 19.5. The summed E-state index contributed by atoms with van der Waals surface area (Å²) in [6.07, 6.45) is 2.61. The van der Waals surface area contributed by atoms with Crippen molar-refractivity contribution in [2.75, 3.05) is 20.2 Å². The topological polar surface area (TPSA) is 71.2 Å². The number of rotatable bonds is 4. The van der Waals surface area contributed by atoms with Crippen molar-refractivity contribution in [1.82, 2.24) is 10.3 Å². The van der Waals surface area contributed by atoms with Gasteiger partial charge in [-0.05, 0) is 61.5 Å². The highest BCUT2D eigenvalue weighted by molar-refractivity contribution is 5.94. The Morgan fingerprint density at radius 3 is 2.54 bits per heavy atom. The second-order valence-electron chi connectivity index (χ2n) is 7.32. The molecule has 2 N–H and O–H groups in total. The van der Waals surface area contributed by atoms with Gasteiger partial charge >= 0.3 is 5.97 Å². The molecular formula is C23H24N2O3. The summed E-state index contributed by atoms with van der Waals surface area (Å²) in [5, 5.41) is 3.95. The molecule has 4 rings (SSSR count). The van der Waals surface area contributed by atoms with E-state index >= 15 is 0 Å². The van der Waals surface area contributed by atoms with Crippen LogP contribution in [0.5, 0.6) is 0 Å². The standard InChI is InChI=1S/C23H24N2O3/c1-28-23(27)21-19(13-15-9-11-24-12-10-15)22(26)18-8-7-17(14-20(18)25-21)16-5-3-2-4-6-16/h2-8,14-15,24H,9-13H2,1H3,(H,25,26). The van der Waals surface area contributed by atoms with E-state index in [9.17, 15) is 9.59 Å². The van der Waals surface area contributed by atoms with Crippen molar-refractivity contribution in [2.24, 2.45) is 5.92 Å². The molecule has 5 heteroatoms. The second kappa shape index (κ2) is 7.98.